The van der Waals surface area contributed by atoms with Gasteiger partial charge < -0.3 is 20.5 Å². The summed E-state index contributed by atoms with van der Waals surface area (Å²) >= 11 is 0. The second-order valence-corrected chi connectivity index (χ2v) is 4.70. The number of nitrogens with two attached hydrogens (primary N) is 1. The van der Waals surface area contributed by atoms with Crippen LogP contribution in [0.1, 0.15) is 6.92 Å². The van der Waals surface area contributed by atoms with Gasteiger partial charge in [0.25, 0.3) is 5.91 Å². The first-order chi connectivity index (χ1) is 9.63. The molecule has 1 atom stereocenters. The van der Waals surface area contributed by atoms with Crippen LogP contribution in [0.15, 0.2) is 18.2 Å². The third-order valence-electron chi connectivity index (χ3n) is 3.39. The number of anilines is 2. The van der Waals surface area contributed by atoms with Crippen molar-refractivity contribution in [2.75, 3.05) is 44.4 Å². The topological polar surface area (TPSA) is 76.8 Å². The van der Waals surface area contributed by atoms with Gasteiger partial charge in [-0.2, -0.15) is 0 Å². The second kappa shape index (κ2) is 6.58. The molecule has 3 N–H and O–H groups in total. The summed E-state index contributed by atoms with van der Waals surface area (Å²) in [5.41, 5.74) is 6.95. The van der Waals surface area contributed by atoms with Crippen molar-refractivity contribution >= 4 is 17.3 Å². The third kappa shape index (κ3) is 3.40. The lowest BCUT2D eigenvalue weighted by atomic mass is 10.2. The number of morpholine rings is 1. The molecule has 20 heavy (non-hydrogen) atoms. The monoisotopic (exact) mass is 279 g/mol. The van der Waals surface area contributed by atoms with Crippen molar-refractivity contribution in [2.24, 2.45) is 0 Å². The van der Waals surface area contributed by atoms with Gasteiger partial charge in [-0.3, -0.25) is 9.69 Å². The Morgan fingerprint density at radius 1 is 1.60 bits per heavy atom. The van der Waals surface area contributed by atoms with Gasteiger partial charge in [-0.1, -0.05) is 6.92 Å². The van der Waals surface area contributed by atoms with Crippen LogP contribution in [0.25, 0.3) is 0 Å². The fourth-order valence-corrected chi connectivity index (χ4v) is 2.18. The highest BCUT2D eigenvalue weighted by Crippen LogP contribution is 2.24. The number of hydrogen-bond acceptors (Lipinski definition) is 5. The molecule has 110 valence electrons. The molecule has 0 aliphatic carbocycles. The molecule has 1 heterocycles. The van der Waals surface area contributed by atoms with Gasteiger partial charge in [-0.15, -0.1) is 0 Å². The Labute approximate surface area is 118 Å². The van der Waals surface area contributed by atoms with Crippen LogP contribution in [-0.2, 0) is 9.53 Å². The minimum Gasteiger partial charge on any atom is -0.495 e. The highest BCUT2D eigenvalue weighted by Gasteiger charge is 2.25. The first-order valence-corrected chi connectivity index (χ1v) is 6.72. The Morgan fingerprint density at radius 2 is 2.40 bits per heavy atom. The van der Waals surface area contributed by atoms with E-state index in [2.05, 4.69) is 17.1 Å². The van der Waals surface area contributed by atoms with E-state index in [1.165, 1.54) is 0 Å². The number of carbonyl (C=O) groups is 1. The van der Waals surface area contributed by atoms with Crippen LogP contribution in [0.3, 0.4) is 0 Å². The van der Waals surface area contributed by atoms with Crippen LogP contribution in [0.5, 0.6) is 5.75 Å². The minimum absolute atomic E-state index is 0.146. The zero-order chi connectivity index (χ0) is 14.5. The van der Waals surface area contributed by atoms with Gasteiger partial charge in [0.05, 0.1) is 19.4 Å². The van der Waals surface area contributed by atoms with Crippen LogP contribution in [0.2, 0.25) is 0 Å². The summed E-state index contributed by atoms with van der Waals surface area (Å²) < 4.78 is 10.6. The van der Waals surface area contributed by atoms with Crippen molar-refractivity contribution in [3.05, 3.63) is 18.2 Å². The van der Waals surface area contributed by atoms with E-state index in [0.717, 1.165) is 13.1 Å². The third-order valence-corrected chi connectivity index (χ3v) is 3.39. The number of hydrogen-bond donors (Lipinski definition) is 2. The average molecular weight is 279 g/mol. The van der Waals surface area contributed by atoms with E-state index in [9.17, 15) is 4.79 Å². The van der Waals surface area contributed by atoms with Crippen molar-refractivity contribution < 1.29 is 14.3 Å². The molecule has 1 amide bonds. The van der Waals surface area contributed by atoms with E-state index in [0.29, 0.717) is 30.3 Å². The standard InChI is InChI=1S/C14H21N3O3/c1-3-17-6-7-20-13(9-17)14(18)16-10-4-5-12(19-2)11(15)8-10/h4-5,8,13H,3,6-7,9,15H2,1-2H3,(H,16,18). The van der Waals surface area contributed by atoms with Gasteiger partial charge in [-0.05, 0) is 24.7 Å². The molecule has 1 aliphatic rings. The van der Waals surface area contributed by atoms with Crippen molar-refractivity contribution in [3.8, 4) is 5.75 Å². The van der Waals surface area contributed by atoms with Crippen molar-refractivity contribution in [1.29, 1.82) is 0 Å². The maximum Gasteiger partial charge on any atom is 0.254 e. The number of nitrogens with zero attached hydrogens (tertiary/aromatic N) is 1. The molecule has 0 bridgehead atoms. The smallest absolute Gasteiger partial charge is 0.254 e. The Bertz CT molecular complexity index is 479. The summed E-state index contributed by atoms with van der Waals surface area (Å²) in [5.74, 6) is 0.446. The zero-order valence-corrected chi connectivity index (χ0v) is 11.9. The number of carbonyl (C=O) groups excluding carboxylic acids is 1. The number of amides is 1. The summed E-state index contributed by atoms with van der Waals surface area (Å²) in [7, 11) is 1.55. The summed E-state index contributed by atoms with van der Waals surface area (Å²) in [6.45, 7) is 5.06. The molecule has 0 spiro atoms. The quantitative estimate of drug-likeness (QED) is 0.802. The van der Waals surface area contributed by atoms with Crippen LogP contribution in [0, 0.1) is 0 Å². The fourth-order valence-electron chi connectivity index (χ4n) is 2.18. The largest absolute Gasteiger partial charge is 0.495 e. The van der Waals surface area contributed by atoms with E-state index in [1.54, 1.807) is 25.3 Å². The molecule has 1 fully saturated rings. The molecule has 6 heteroatoms. The predicted octanol–water partition coefficient (Wildman–Crippen LogP) is 0.937. The first kappa shape index (κ1) is 14.6. The van der Waals surface area contributed by atoms with Crippen molar-refractivity contribution in [1.82, 2.24) is 4.90 Å². The Kier molecular flexibility index (Phi) is 4.81. The van der Waals surface area contributed by atoms with Crippen LogP contribution in [0.4, 0.5) is 11.4 Å². The Balaban J connectivity index is 1.98. The maximum absolute atomic E-state index is 12.2. The molecule has 1 aliphatic heterocycles. The first-order valence-electron chi connectivity index (χ1n) is 6.72. The van der Waals surface area contributed by atoms with E-state index in [4.69, 9.17) is 15.2 Å². The van der Waals surface area contributed by atoms with Crippen LogP contribution >= 0.6 is 0 Å². The molecule has 0 radical (unpaired) electrons. The van der Waals surface area contributed by atoms with Crippen molar-refractivity contribution in [3.63, 3.8) is 0 Å². The fraction of sp³-hybridized carbons (Fsp3) is 0.500. The summed E-state index contributed by atoms with van der Waals surface area (Å²) in [4.78, 5) is 14.4. The molecule has 0 aromatic heterocycles. The minimum atomic E-state index is -0.438. The molecule has 1 aromatic rings. The van der Waals surface area contributed by atoms with E-state index in [1.807, 2.05) is 0 Å². The molecule has 0 saturated carbocycles. The maximum atomic E-state index is 12.2. The highest BCUT2D eigenvalue weighted by atomic mass is 16.5. The number of ether oxygens (including phenoxy) is 2. The zero-order valence-electron chi connectivity index (χ0n) is 11.9. The highest BCUT2D eigenvalue weighted by molar-refractivity contribution is 5.95. The molecular formula is C14H21N3O3. The van der Waals surface area contributed by atoms with Gasteiger partial charge in [0, 0.05) is 18.8 Å². The number of nitrogen functional groups attached to an aromatic ring is 1. The van der Waals surface area contributed by atoms with E-state index < -0.39 is 6.10 Å². The molecule has 1 unspecified atom stereocenters. The summed E-state index contributed by atoms with van der Waals surface area (Å²) in [6, 6.07) is 5.16. The number of benzene rings is 1. The molecule has 2 rings (SSSR count). The van der Waals surface area contributed by atoms with Crippen LogP contribution in [-0.4, -0.2) is 50.3 Å². The number of likely N-dealkylation sites (N-methyl/N-ethyl adjacent to an activating group) is 1. The number of methoxy groups -OCH3 is 1. The van der Waals surface area contributed by atoms with E-state index in [-0.39, 0.29) is 5.91 Å². The lowest BCUT2D eigenvalue weighted by Gasteiger charge is -2.31. The molecular weight excluding hydrogens is 258 g/mol. The predicted molar refractivity (Wildman–Crippen MR) is 77.9 cm³/mol. The SMILES string of the molecule is CCN1CCOC(C(=O)Nc2ccc(OC)c(N)c2)C1. The summed E-state index contributed by atoms with van der Waals surface area (Å²) in [6.07, 6.45) is -0.438. The average Bonchev–Trinajstić information content (AvgIpc) is 2.47. The molecule has 1 aromatic carbocycles. The van der Waals surface area contributed by atoms with Crippen molar-refractivity contribution in [2.45, 2.75) is 13.0 Å². The second-order valence-electron chi connectivity index (χ2n) is 4.70. The van der Waals surface area contributed by atoms with Gasteiger partial charge in [0.15, 0.2) is 0 Å². The number of nitrogens with one attached hydrogen (secondary N) is 1. The van der Waals surface area contributed by atoms with Gasteiger partial charge in [-0.25, -0.2) is 0 Å². The Morgan fingerprint density at radius 3 is 3.05 bits per heavy atom. The molecule has 6 nitrogen and oxygen atoms in total. The normalized spacial score (nSPS) is 19.6. The van der Waals surface area contributed by atoms with Crippen LogP contribution < -0.4 is 15.8 Å². The van der Waals surface area contributed by atoms with Gasteiger partial charge in [0.2, 0.25) is 0 Å². The number of rotatable bonds is 4. The lowest BCUT2D eigenvalue weighted by molar-refractivity contribution is -0.132. The Hall–Kier alpha value is -1.79. The van der Waals surface area contributed by atoms with E-state index >= 15 is 0 Å². The van der Waals surface area contributed by atoms with Gasteiger partial charge in [0.1, 0.15) is 11.9 Å². The summed E-state index contributed by atoms with van der Waals surface area (Å²) in [5, 5.41) is 2.82. The van der Waals surface area contributed by atoms with Gasteiger partial charge >= 0.3 is 0 Å². The lowest BCUT2D eigenvalue weighted by Crippen LogP contribution is -2.47. The molecule has 1 saturated heterocycles.